The highest BCUT2D eigenvalue weighted by atomic mass is 32.2. The largest absolute Gasteiger partial charge is 0.304 e. The fourth-order valence-electron chi connectivity index (χ4n) is 2.26. The minimum Gasteiger partial charge on any atom is -0.304 e. The van der Waals surface area contributed by atoms with Crippen molar-refractivity contribution in [1.82, 2.24) is 10.2 Å². The van der Waals surface area contributed by atoms with Crippen molar-refractivity contribution >= 4 is 34.8 Å². The third kappa shape index (κ3) is 2.91. The monoisotopic (exact) mass is 307 g/mol. The van der Waals surface area contributed by atoms with Crippen LogP contribution in [0.4, 0.5) is 5.82 Å². The standard InChI is InChI=1S/C14H17N3OS2/c1-2-3-10-7-13(17-16-10)15-14(18)12-6-9-8-19-5-4-11(9)20-12/h6-7H,2-5,8H2,1H3,(H2,15,16,17,18). The van der Waals surface area contributed by atoms with Crippen LogP contribution in [0.25, 0.3) is 0 Å². The molecule has 0 aromatic carbocycles. The van der Waals surface area contributed by atoms with Crippen molar-refractivity contribution in [2.45, 2.75) is 31.9 Å². The second-order valence-corrected chi connectivity index (χ2v) is 7.09. The number of aryl methyl sites for hydroxylation is 2. The minimum absolute atomic E-state index is 0.0519. The molecule has 0 saturated heterocycles. The number of thiophene rings is 1. The summed E-state index contributed by atoms with van der Waals surface area (Å²) in [5.41, 5.74) is 2.38. The predicted molar refractivity (Wildman–Crippen MR) is 84.7 cm³/mol. The number of hydrogen-bond acceptors (Lipinski definition) is 4. The lowest BCUT2D eigenvalue weighted by atomic mass is 10.2. The van der Waals surface area contributed by atoms with Gasteiger partial charge in [-0.05, 0) is 30.2 Å². The van der Waals surface area contributed by atoms with Crippen LogP contribution in [-0.4, -0.2) is 21.9 Å². The topological polar surface area (TPSA) is 57.8 Å². The number of carbonyl (C=O) groups is 1. The molecule has 0 atom stereocenters. The molecule has 6 heteroatoms. The van der Waals surface area contributed by atoms with Crippen LogP contribution in [0.15, 0.2) is 12.1 Å². The number of aromatic nitrogens is 2. The molecular weight excluding hydrogens is 290 g/mol. The molecule has 0 unspecified atom stereocenters. The molecule has 1 amide bonds. The summed E-state index contributed by atoms with van der Waals surface area (Å²) < 4.78 is 0. The molecule has 2 N–H and O–H groups in total. The molecule has 4 nitrogen and oxygen atoms in total. The van der Waals surface area contributed by atoms with Crippen LogP contribution in [0.5, 0.6) is 0 Å². The van der Waals surface area contributed by atoms with E-state index in [0.717, 1.165) is 41.3 Å². The van der Waals surface area contributed by atoms with Crippen LogP contribution in [0, 0.1) is 0 Å². The second-order valence-electron chi connectivity index (χ2n) is 4.84. The van der Waals surface area contributed by atoms with Crippen LogP contribution in [-0.2, 0) is 18.6 Å². The maximum Gasteiger partial charge on any atom is 0.266 e. The number of thioether (sulfide) groups is 1. The normalized spacial score (nSPS) is 14.1. The lowest BCUT2D eigenvalue weighted by Gasteiger charge is -2.08. The van der Waals surface area contributed by atoms with E-state index in [-0.39, 0.29) is 5.91 Å². The summed E-state index contributed by atoms with van der Waals surface area (Å²) in [6.45, 7) is 2.12. The highest BCUT2D eigenvalue weighted by Gasteiger charge is 2.18. The van der Waals surface area contributed by atoms with Crippen LogP contribution >= 0.6 is 23.1 Å². The van der Waals surface area contributed by atoms with E-state index in [2.05, 4.69) is 22.4 Å². The van der Waals surface area contributed by atoms with Gasteiger partial charge in [0, 0.05) is 22.4 Å². The molecule has 3 heterocycles. The molecule has 0 saturated carbocycles. The third-order valence-corrected chi connectivity index (χ3v) is 5.49. The molecule has 1 aliphatic rings. The number of hydrogen-bond donors (Lipinski definition) is 2. The Morgan fingerprint density at radius 3 is 3.20 bits per heavy atom. The first-order chi connectivity index (χ1) is 9.76. The first-order valence-corrected chi connectivity index (χ1v) is 8.78. The van der Waals surface area contributed by atoms with E-state index in [9.17, 15) is 4.79 Å². The van der Waals surface area contributed by atoms with E-state index in [0.29, 0.717) is 5.82 Å². The zero-order valence-corrected chi connectivity index (χ0v) is 13.0. The Kier molecular flexibility index (Phi) is 4.12. The fraction of sp³-hybridized carbons (Fsp3) is 0.429. The number of aromatic amines is 1. The summed E-state index contributed by atoms with van der Waals surface area (Å²) in [5.74, 6) is 2.75. The zero-order chi connectivity index (χ0) is 13.9. The Morgan fingerprint density at radius 2 is 2.40 bits per heavy atom. The van der Waals surface area contributed by atoms with E-state index in [1.807, 2.05) is 23.9 Å². The van der Waals surface area contributed by atoms with Gasteiger partial charge in [-0.1, -0.05) is 13.3 Å². The summed E-state index contributed by atoms with van der Waals surface area (Å²) in [4.78, 5) is 14.4. The Hall–Kier alpha value is -1.27. The van der Waals surface area contributed by atoms with E-state index < -0.39 is 0 Å². The van der Waals surface area contributed by atoms with Gasteiger partial charge in [0.25, 0.3) is 5.91 Å². The van der Waals surface area contributed by atoms with E-state index in [1.54, 1.807) is 11.3 Å². The average molecular weight is 307 g/mol. The van der Waals surface area contributed by atoms with Gasteiger partial charge in [-0.3, -0.25) is 9.89 Å². The molecular formula is C14H17N3OS2. The van der Waals surface area contributed by atoms with Gasteiger partial charge in [0.1, 0.15) is 0 Å². The first-order valence-electron chi connectivity index (χ1n) is 6.81. The van der Waals surface area contributed by atoms with Crippen LogP contribution in [0.2, 0.25) is 0 Å². The number of carbonyl (C=O) groups excluding carboxylic acids is 1. The molecule has 1 aliphatic heterocycles. The Labute approximate surface area is 126 Å². The molecule has 0 aliphatic carbocycles. The van der Waals surface area contributed by atoms with Crippen molar-refractivity contribution < 1.29 is 4.79 Å². The quantitative estimate of drug-likeness (QED) is 0.909. The van der Waals surface area contributed by atoms with Crippen molar-refractivity contribution in [3.05, 3.63) is 33.1 Å². The Bertz CT molecular complexity index is 594. The fourth-order valence-corrected chi connectivity index (χ4v) is 4.53. The number of nitrogens with zero attached hydrogens (tertiary/aromatic N) is 1. The maximum absolute atomic E-state index is 12.2. The average Bonchev–Trinajstić information content (AvgIpc) is 3.05. The minimum atomic E-state index is -0.0519. The summed E-state index contributed by atoms with van der Waals surface area (Å²) in [6.07, 6.45) is 3.10. The van der Waals surface area contributed by atoms with Gasteiger partial charge >= 0.3 is 0 Å². The summed E-state index contributed by atoms with van der Waals surface area (Å²) >= 11 is 3.55. The molecule has 20 heavy (non-hydrogen) atoms. The molecule has 0 bridgehead atoms. The van der Waals surface area contributed by atoms with Gasteiger partial charge in [-0.25, -0.2) is 0 Å². The zero-order valence-electron chi connectivity index (χ0n) is 11.4. The highest BCUT2D eigenvalue weighted by molar-refractivity contribution is 7.98. The lowest BCUT2D eigenvalue weighted by Crippen LogP contribution is -2.10. The SMILES string of the molecule is CCCc1cc(NC(=O)c2cc3c(s2)CCSC3)n[nH]1. The van der Waals surface area contributed by atoms with Gasteiger partial charge in [0.15, 0.2) is 5.82 Å². The van der Waals surface area contributed by atoms with Crippen molar-refractivity contribution in [3.8, 4) is 0 Å². The van der Waals surface area contributed by atoms with E-state index >= 15 is 0 Å². The second kappa shape index (κ2) is 6.01. The first kappa shape index (κ1) is 13.7. The number of amides is 1. The van der Waals surface area contributed by atoms with E-state index in [4.69, 9.17) is 0 Å². The molecule has 0 radical (unpaired) electrons. The van der Waals surface area contributed by atoms with Gasteiger partial charge in [-0.15, -0.1) is 11.3 Å². The van der Waals surface area contributed by atoms with Gasteiger partial charge in [-0.2, -0.15) is 16.9 Å². The maximum atomic E-state index is 12.2. The third-order valence-electron chi connectivity index (χ3n) is 3.24. The van der Waals surface area contributed by atoms with Crippen molar-refractivity contribution in [1.29, 1.82) is 0 Å². The Balaban J connectivity index is 1.70. The van der Waals surface area contributed by atoms with Gasteiger partial charge in [0.05, 0.1) is 4.88 Å². The molecule has 3 rings (SSSR count). The molecule has 0 spiro atoms. The summed E-state index contributed by atoms with van der Waals surface area (Å²) in [5, 5.41) is 9.94. The number of nitrogens with one attached hydrogen (secondary N) is 2. The van der Waals surface area contributed by atoms with Crippen molar-refractivity contribution in [3.63, 3.8) is 0 Å². The smallest absolute Gasteiger partial charge is 0.266 e. The molecule has 2 aromatic rings. The number of H-pyrrole nitrogens is 1. The predicted octanol–water partition coefficient (Wildman–Crippen LogP) is 3.47. The molecule has 2 aromatic heterocycles. The van der Waals surface area contributed by atoms with Crippen LogP contribution in [0.3, 0.4) is 0 Å². The van der Waals surface area contributed by atoms with Crippen LogP contribution in [0.1, 0.15) is 39.2 Å². The molecule has 106 valence electrons. The van der Waals surface area contributed by atoms with Gasteiger partial charge < -0.3 is 5.32 Å². The highest BCUT2D eigenvalue weighted by Crippen LogP contribution is 2.31. The molecule has 0 fully saturated rings. The van der Waals surface area contributed by atoms with Crippen molar-refractivity contribution in [2.24, 2.45) is 0 Å². The number of rotatable bonds is 4. The summed E-state index contributed by atoms with van der Waals surface area (Å²) in [7, 11) is 0. The van der Waals surface area contributed by atoms with Gasteiger partial charge in [0.2, 0.25) is 0 Å². The van der Waals surface area contributed by atoms with E-state index in [1.165, 1.54) is 10.4 Å². The van der Waals surface area contributed by atoms with Crippen molar-refractivity contribution in [2.75, 3.05) is 11.1 Å². The summed E-state index contributed by atoms with van der Waals surface area (Å²) in [6, 6.07) is 3.94. The number of fused-ring (bicyclic) bond motifs is 1. The Morgan fingerprint density at radius 1 is 1.50 bits per heavy atom. The van der Waals surface area contributed by atoms with Crippen LogP contribution < -0.4 is 5.32 Å². The number of anilines is 1. The lowest BCUT2D eigenvalue weighted by molar-refractivity contribution is 0.103.